The number of para-hydroxylation sites is 3. The summed E-state index contributed by atoms with van der Waals surface area (Å²) in [6, 6.07) is 22.9. The number of rotatable bonds is 20. The Balaban J connectivity index is 0.000000626. The standard InChI is InChI=1S/C22H31N3O5.C21H29N3O5.C18H24N2O2.CH4.Li.H2O/c1-21(2,3)30-20(28)25-15(13-24-18(26)22(4,5)19(27)29-6)11-14-12-23-17-10-8-7-9-16(14)17;1-20(2,3)29-19(28)24-14(12-23-17(25)21(4,5)18(26)27)10-13-11-22-16-9-7-6-8-15(13)16;1-12(10-20-17(22)18(3,4)13(2)21)9-14-11-19-16-8-6-5-7-15(14)16;;;/h7-10,12,15,23H,11,13H2,1-6H3,(H,24,26)(H,25,28);6-9,11,14,22H,10,12H2,1-5H3,(H,23,25)(H,24,28)(H,26,27);5-8,11-12,19H,9-10H2,1-4H3,(H,20,22);1H4;;1H2/q;;;;+1;/p-1. The molecule has 0 fully saturated rings. The molecule has 0 saturated heterocycles. The van der Waals surface area contributed by atoms with Crippen molar-refractivity contribution >= 4 is 80.3 Å². The fraction of sp³-hybridized carbons (Fsp3) is 0.484. The van der Waals surface area contributed by atoms with E-state index in [1.54, 1.807) is 55.4 Å². The Morgan fingerprint density at radius 3 is 1.17 bits per heavy atom. The van der Waals surface area contributed by atoms with E-state index in [0.29, 0.717) is 25.3 Å². The van der Waals surface area contributed by atoms with Crippen LogP contribution in [0.15, 0.2) is 91.4 Å². The van der Waals surface area contributed by atoms with Crippen LogP contribution >= 0.6 is 0 Å². The molecule has 3 aromatic heterocycles. The van der Waals surface area contributed by atoms with E-state index in [4.69, 9.17) is 14.2 Å². The Morgan fingerprint density at radius 2 is 0.833 bits per heavy atom. The molecule has 0 radical (unpaired) electrons. The van der Waals surface area contributed by atoms with Crippen molar-refractivity contribution in [3.05, 3.63) is 108 Å². The first kappa shape index (κ1) is 74.4. The first-order valence-corrected chi connectivity index (χ1v) is 27.0. The molecule has 456 valence electrons. The van der Waals surface area contributed by atoms with Crippen LogP contribution in [0.5, 0.6) is 0 Å². The van der Waals surface area contributed by atoms with Crippen LogP contribution in [0.2, 0.25) is 0 Å². The molecule has 10 N–H and O–H groups in total. The van der Waals surface area contributed by atoms with E-state index in [-0.39, 0.29) is 56.5 Å². The van der Waals surface area contributed by atoms with Crippen LogP contribution in [-0.2, 0) is 62.2 Å². The number of hydrogen-bond acceptors (Lipinski definition) is 12. The van der Waals surface area contributed by atoms with Gasteiger partial charge in [0, 0.05) is 70.9 Å². The van der Waals surface area contributed by atoms with Gasteiger partial charge in [0.25, 0.3) is 0 Å². The summed E-state index contributed by atoms with van der Waals surface area (Å²) in [6.07, 6.45) is 6.36. The number of ether oxygens (including phenoxy) is 3. The first-order valence-electron chi connectivity index (χ1n) is 27.0. The van der Waals surface area contributed by atoms with Crippen molar-refractivity contribution in [2.75, 3.05) is 26.7 Å². The van der Waals surface area contributed by atoms with E-state index in [2.05, 4.69) is 60.6 Å². The van der Waals surface area contributed by atoms with Crippen LogP contribution in [0.4, 0.5) is 9.59 Å². The molecule has 3 aromatic carbocycles. The minimum Gasteiger partial charge on any atom is -0.870 e. The topological polar surface area (TPSA) is 322 Å². The Bertz CT molecular complexity index is 3160. The zero-order valence-corrected chi connectivity index (χ0v) is 51.0. The number of fused-ring (bicyclic) bond motifs is 3. The van der Waals surface area contributed by atoms with Gasteiger partial charge in [0.2, 0.25) is 17.7 Å². The summed E-state index contributed by atoms with van der Waals surface area (Å²) in [5.41, 5.74) is 1.12. The number of carbonyl (C=O) groups excluding carboxylic acids is 7. The summed E-state index contributed by atoms with van der Waals surface area (Å²) in [7, 11) is 1.24. The monoisotopic (exact) mass is 1160 g/mol. The first-order chi connectivity index (χ1) is 37.7. The molecule has 5 amide bonds. The third-order valence-electron chi connectivity index (χ3n) is 13.4. The fourth-order valence-electron chi connectivity index (χ4n) is 8.14. The van der Waals surface area contributed by atoms with E-state index in [1.165, 1.54) is 52.7 Å². The smallest absolute Gasteiger partial charge is 0.870 e. The second kappa shape index (κ2) is 31.9. The Kier molecular flexibility index (Phi) is 28.2. The molecule has 0 spiro atoms. The predicted octanol–water partition coefficient (Wildman–Crippen LogP) is 6.29. The van der Waals surface area contributed by atoms with Gasteiger partial charge in [0.1, 0.15) is 33.2 Å². The molecule has 0 aliphatic heterocycles. The van der Waals surface area contributed by atoms with Gasteiger partial charge < -0.3 is 66.3 Å². The summed E-state index contributed by atoms with van der Waals surface area (Å²) in [4.78, 5) is 106. The van der Waals surface area contributed by atoms with Crippen molar-refractivity contribution in [2.45, 2.75) is 147 Å². The third-order valence-corrected chi connectivity index (χ3v) is 13.4. The summed E-state index contributed by atoms with van der Waals surface area (Å²) in [5.74, 6) is -2.98. The summed E-state index contributed by atoms with van der Waals surface area (Å²) >= 11 is 0. The molecule has 0 aliphatic rings. The largest absolute Gasteiger partial charge is 1.00 e. The van der Waals surface area contributed by atoms with Gasteiger partial charge in [-0.15, -0.1) is 0 Å². The number of aromatic nitrogens is 3. The molecule has 3 unspecified atom stereocenters. The quantitative estimate of drug-likeness (QED) is 0.0176. The Morgan fingerprint density at radius 1 is 0.512 bits per heavy atom. The molecule has 22 heteroatoms. The van der Waals surface area contributed by atoms with Crippen molar-refractivity contribution < 1.29 is 82.0 Å². The van der Waals surface area contributed by atoms with Crippen molar-refractivity contribution in [2.24, 2.45) is 22.2 Å². The maximum atomic E-state index is 12.5. The van der Waals surface area contributed by atoms with Crippen molar-refractivity contribution in [1.29, 1.82) is 0 Å². The number of carboxylic acids is 1. The molecule has 0 saturated carbocycles. The minimum absolute atomic E-state index is 0. The van der Waals surface area contributed by atoms with Crippen LogP contribution in [-0.4, -0.2) is 123 Å². The van der Waals surface area contributed by atoms with Gasteiger partial charge >= 0.3 is 43.0 Å². The number of H-pyrrole nitrogens is 3. The molecule has 84 heavy (non-hydrogen) atoms. The number of aliphatic carboxylic acids is 1. The number of benzene rings is 3. The minimum atomic E-state index is -1.57. The maximum Gasteiger partial charge on any atom is 1.00 e. The zero-order valence-electron chi connectivity index (χ0n) is 51.0. The van der Waals surface area contributed by atoms with E-state index < -0.39 is 75.5 Å². The number of amides is 5. The number of esters is 1. The van der Waals surface area contributed by atoms with Crippen LogP contribution in [0.25, 0.3) is 32.7 Å². The number of hydrogen-bond donors (Lipinski definition) is 9. The Labute approximate surface area is 505 Å². The predicted molar refractivity (Wildman–Crippen MR) is 321 cm³/mol. The molecule has 3 heterocycles. The van der Waals surface area contributed by atoms with Crippen molar-refractivity contribution in [1.82, 2.24) is 41.5 Å². The molecule has 3 atom stereocenters. The van der Waals surface area contributed by atoms with Crippen LogP contribution in [0.1, 0.15) is 121 Å². The number of nitrogens with one attached hydrogen (secondary N) is 8. The van der Waals surface area contributed by atoms with E-state index in [9.17, 15) is 43.5 Å². The second-order valence-electron chi connectivity index (χ2n) is 23.8. The van der Waals surface area contributed by atoms with E-state index >= 15 is 0 Å². The summed E-state index contributed by atoms with van der Waals surface area (Å²) < 4.78 is 15.4. The van der Waals surface area contributed by atoms with Gasteiger partial charge in [-0.05, 0) is 150 Å². The number of alkyl carbamates (subject to hydrolysis) is 2. The molecule has 0 aliphatic carbocycles. The van der Waals surface area contributed by atoms with Crippen LogP contribution in [0, 0.1) is 22.2 Å². The van der Waals surface area contributed by atoms with E-state index in [1.807, 2.05) is 79.3 Å². The summed E-state index contributed by atoms with van der Waals surface area (Å²) in [5, 5.41) is 26.4. The number of carbonyl (C=O) groups is 8. The third kappa shape index (κ3) is 21.9. The van der Waals surface area contributed by atoms with Crippen LogP contribution < -0.4 is 45.4 Å². The number of carboxylic acid groups (broad SMARTS) is 1. The molecular weight excluding hydrogens is 1070 g/mol. The van der Waals surface area contributed by atoms with Crippen LogP contribution in [0.3, 0.4) is 0 Å². The SMILES string of the molecule is C.CC(=O)C(C)(C)C(=O)NCC(C)Cc1c[nH]c2ccccc12.CC(C)(C)OC(=O)NC(CNC(=O)C(C)(C)C(=O)O)Cc1c[nH]c2ccccc12.COC(=O)C(C)(C)C(=O)NCC(Cc1c[nH]c2ccccc12)NC(=O)OC(C)(C)C.[Li+].[OH-]. The average molecular weight is 1160 g/mol. The fourth-order valence-corrected chi connectivity index (χ4v) is 8.14. The zero-order chi connectivity index (χ0) is 60.7. The van der Waals surface area contributed by atoms with Crippen molar-refractivity contribution in [3.8, 4) is 0 Å². The van der Waals surface area contributed by atoms with Gasteiger partial charge in [0.05, 0.1) is 19.2 Å². The van der Waals surface area contributed by atoms with Gasteiger partial charge in [-0.2, -0.15) is 0 Å². The number of aromatic amines is 3. The molecule has 6 aromatic rings. The Hall–Kier alpha value is -7.60. The van der Waals surface area contributed by atoms with Gasteiger partial charge in [-0.1, -0.05) is 68.9 Å². The van der Waals surface area contributed by atoms with Gasteiger partial charge in [0.15, 0.2) is 0 Å². The number of ketones is 1. The number of Topliss-reactive ketones (excluding diaryl/α,β-unsaturated/α-hetero) is 1. The van der Waals surface area contributed by atoms with Gasteiger partial charge in [-0.3, -0.25) is 28.8 Å². The number of methoxy groups -OCH3 is 1. The second-order valence-corrected chi connectivity index (χ2v) is 23.8. The van der Waals surface area contributed by atoms with Gasteiger partial charge in [-0.25, -0.2) is 9.59 Å². The molecular formula is C62H89LiN8O13. The normalized spacial score (nSPS) is 12.5. The average Bonchev–Trinajstić information content (AvgIpc) is 4.12. The molecule has 21 nitrogen and oxygen atoms in total. The van der Waals surface area contributed by atoms with E-state index in [0.717, 1.165) is 44.9 Å². The molecule has 6 rings (SSSR count). The maximum absolute atomic E-state index is 12.5. The molecule has 0 bridgehead atoms. The van der Waals surface area contributed by atoms with Crippen molar-refractivity contribution in [3.63, 3.8) is 0 Å². The summed E-state index contributed by atoms with van der Waals surface area (Å²) in [6.45, 7) is 23.9.